The molecular formula is C29H41N3O4. The maximum absolute atomic E-state index is 13.3. The predicted molar refractivity (Wildman–Crippen MR) is 144 cm³/mol. The van der Waals surface area contributed by atoms with E-state index in [-0.39, 0.29) is 23.7 Å². The molecule has 0 aliphatic rings. The number of urea groups is 1. The Hall–Kier alpha value is -3.35. The number of para-hydroxylation sites is 1. The summed E-state index contributed by atoms with van der Waals surface area (Å²) >= 11 is 0. The van der Waals surface area contributed by atoms with Crippen LogP contribution >= 0.6 is 0 Å². The zero-order chi connectivity index (χ0) is 26.7. The standard InChI is InChI=1S/C29H41N3O4/c1-20(2)23-16-13-17-24(21(3)4)27(23)30-28(35)32-29(5,22-14-9-7-10-15-22)31-25(33)18-11-8-12-19-26(34)36-6/h7,9-10,13-17,20-21H,8,11-12,18-19H2,1-6H3,(H,31,33)(H2,30,32,35). The van der Waals surface area contributed by atoms with E-state index >= 15 is 0 Å². The van der Waals surface area contributed by atoms with Gasteiger partial charge in [0.1, 0.15) is 5.66 Å². The second-order valence-electron chi connectivity index (χ2n) is 9.88. The van der Waals surface area contributed by atoms with Gasteiger partial charge in [0.15, 0.2) is 0 Å². The number of unbranched alkanes of at least 4 members (excludes halogenated alkanes) is 2. The maximum atomic E-state index is 13.3. The number of benzene rings is 2. The van der Waals surface area contributed by atoms with Gasteiger partial charge in [-0.25, -0.2) is 4.79 Å². The number of nitrogens with one attached hydrogen (secondary N) is 3. The van der Waals surface area contributed by atoms with Gasteiger partial charge < -0.3 is 20.7 Å². The van der Waals surface area contributed by atoms with E-state index in [0.29, 0.717) is 25.7 Å². The van der Waals surface area contributed by atoms with Crippen molar-refractivity contribution in [2.45, 2.75) is 84.2 Å². The third-order valence-electron chi connectivity index (χ3n) is 6.23. The molecule has 0 radical (unpaired) electrons. The van der Waals surface area contributed by atoms with E-state index in [1.165, 1.54) is 7.11 Å². The fourth-order valence-electron chi connectivity index (χ4n) is 4.19. The fourth-order valence-corrected chi connectivity index (χ4v) is 4.19. The molecule has 2 aromatic rings. The average molecular weight is 496 g/mol. The summed E-state index contributed by atoms with van der Waals surface area (Å²) in [7, 11) is 1.37. The van der Waals surface area contributed by atoms with Gasteiger partial charge >= 0.3 is 12.0 Å². The van der Waals surface area contributed by atoms with Crippen molar-refractivity contribution >= 4 is 23.6 Å². The third-order valence-corrected chi connectivity index (χ3v) is 6.23. The Labute approximate surface area is 215 Å². The number of hydrogen-bond acceptors (Lipinski definition) is 4. The van der Waals surface area contributed by atoms with Crippen LogP contribution in [0.1, 0.15) is 95.2 Å². The van der Waals surface area contributed by atoms with E-state index < -0.39 is 11.7 Å². The molecule has 7 heteroatoms. The number of anilines is 1. The smallest absolute Gasteiger partial charge is 0.321 e. The van der Waals surface area contributed by atoms with Crippen molar-refractivity contribution in [1.82, 2.24) is 10.6 Å². The summed E-state index contributed by atoms with van der Waals surface area (Å²) in [4.78, 5) is 37.4. The number of carbonyl (C=O) groups is 3. The van der Waals surface area contributed by atoms with Gasteiger partial charge in [-0.3, -0.25) is 9.59 Å². The summed E-state index contributed by atoms with van der Waals surface area (Å²) in [6, 6.07) is 15.1. The molecule has 36 heavy (non-hydrogen) atoms. The van der Waals surface area contributed by atoms with Crippen molar-refractivity contribution in [3.8, 4) is 0 Å². The quantitative estimate of drug-likeness (QED) is 0.186. The number of hydrogen-bond donors (Lipinski definition) is 3. The molecule has 0 spiro atoms. The van der Waals surface area contributed by atoms with Crippen LogP contribution in [0.2, 0.25) is 0 Å². The molecule has 0 aromatic heterocycles. The molecule has 2 aromatic carbocycles. The lowest BCUT2D eigenvalue weighted by Gasteiger charge is -2.33. The lowest BCUT2D eigenvalue weighted by atomic mass is 9.92. The first-order chi connectivity index (χ1) is 17.1. The number of ether oxygens (including phenoxy) is 1. The number of amides is 3. The highest BCUT2D eigenvalue weighted by molar-refractivity contribution is 5.92. The van der Waals surface area contributed by atoms with Crippen molar-refractivity contribution in [2.75, 3.05) is 12.4 Å². The zero-order valence-corrected chi connectivity index (χ0v) is 22.4. The molecule has 0 aliphatic heterocycles. The van der Waals surface area contributed by atoms with E-state index in [0.717, 1.165) is 28.8 Å². The second kappa shape index (κ2) is 13.7. The molecule has 196 valence electrons. The van der Waals surface area contributed by atoms with Crippen LogP contribution in [0, 0.1) is 0 Å². The molecule has 7 nitrogen and oxygen atoms in total. The maximum Gasteiger partial charge on any atom is 0.321 e. The summed E-state index contributed by atoms with van der Waals surface area (Å²) in [6.07, 6.45) is 2.68. The average Bonchev–Trinajstić information content (AvgIpc) is 2.83. The minimum Gasteiger partial charge on any atom is -0.469 e. The van der Waals surface area contributed by atoms with E-state index in [9.17, 15) is 14.4 Å². The Morgan fingerprint density at radius 1 is 0.806 bits per heavy atom. The molecule has 0 saturated carbocycles. The Kier molecular flexibility index (Phi) is 11.0. The van der Waals surface area contributed by atoms with Crippen molar-refractivity contribution in [3.05, 3.63) is 65.2 Å². The minimum absolute atomic E-state index is 0.176. The molecule has 0 fully saturated rings. The van der Waals surface area contributed by atoms with Gasteiger partial charge in [0.05, 0.1) is 7.11 Å². The highest BCUT2D eigenvalue weighted by atomic mass is 16.5. The topological polar surface area (TPSA) is 96.5 Å². The van der Waals surface area contributed by atoms with Gasteiger partial charge in [-0.2, -0.15) is 0 Å². The van der Waals surface area contributed by atoms with Crippen LogP contribution in [-0.2, 0) is 20.0 Å². The van der Waals surface area contributed by atoms with Gasteiger partial charge in [0.2, 0.25) is 5.91 Å². The number of rotatable bonds is 12. The molecule has 0 heterocycles. The molecule has 0 bridgehead atoms. The van der Waals surface area contributed by atoms with Crippen LogP contribution in [0.5, 0.6) is 0 Å². The van der Waals surface area contributed by atoms with Crippen LogP contribution in [0.15, 0.2) is 48.5 Å². The Morgan fingerprint density at radius 2 is 1.39 bits per heavy atom. The third kappa shape index (κ3) is 8.40. The van der Waals surface area contributed by atoms with Gasteiger partial charge in [0, 0.05) is 18.5 Å². The lowest BCUT2D eigenvalue weighted by molar-refractivity contribution is -0.140. The first-order valence-corrected chi connectivity index (χ1v) is 12.7. The number of methoxy groups -OCH3 is 1. The van der Waals surface area contributed by atoms with E-state index in [1.807, 2.05) is 48.5 Å². The molecule has 2 rings (SSSR count). The Bertz CT molecular complexity index is 994. The van der Waals surface area contributed by atoms with Crippen LogP contribution in [-0.4, -0.2) is 25.0 Å². The van der Waals surface area contributed by atoms with Crippen molar-refractivity contribution in [1.29, 1.82) is 0 Å². The first kappa shape index (κ1) is 28.9. The molecule has 0 saturated heterocycles. The highest BCUT2D eigenvalue weighted by Crippen LogP contribution is 2.32. The molecule has 3 N–H and O–H groups in total. The monoisotopic (exact) mass is 495 g/mol. The summed E-state index contributed by atoms with van der Waals surface area (Å²) in [6.45, 7) is 10.2. The van der Waals surface area contributed by atoms with Crippen LogP contribution in [0.4, 0.5) is 10.5 Å². The zero-order valence-electron chi connectivity index (χ0n) is 22.4. The van der Waals surface area contributed by atoms with Crippen molar-refractivity contribution < 1.29 is 19.1 Å². The summed E-state index contributed by atoms with van der Waals surface area (Å²) in [5.74, 6) is 0.0490. The van der Waals surface area contributed by atoms with Crippen LogP contribution in [0.3, 0.4) is 0 Å². The van der Waals surface area contributed by atoms with Crippen LogP contribution < -0.4 is 16.0 Å². The van der Waals surface area contributed by atoms with E-state index in [1.54, 1.807) is 6.92 Å². The molecule has 1 atom stereocenters. The van der Waals surface area contributed by atoms with Gasteiger partial charge in [-0.15, -0.1) is 0 Å². The van der Waals surface area contributed by atoms with E-state index in [2.05, 4.69) is 48.4 Å². The normalized spacial score (nSPS) is 12.7. The van der Waals surface area contributed by atoms with Crippen LogP contribution in [0.25, 0.3) is 0 Å². The Morgan fingerprint density at radius 3 is 1.94 bits per heavy atom. The van der Waals surface area contributed by atoms with Gasteiger partial charge in [0.25, 0.3) is 0 Å². The molecule has 1 unspecified atom stereocenters. The highest BCUT2D eigenvalue weighted by Gasteiger charge is 2.31. The van der Waals surface area contributed by atoms with E-state index in [4.69, 9.17) is 0 Å². The first-order valence-electron chi connectivity index (χ1n) is 12.7. The summed E-state index contributed by atoms with van der Waals surface area (Å²) in [5.41, 5.74) is 2.59. The molecular weight excluding hydrogens is 454 g/mol. The van der Waals surface area contributed by atoms with Crippen molar-refractivity contribution in [2.24, 2.45) is 0 Å². The Balaban J connectivity index is 2.16. The SMILES string of the molecule is COC(=O)CCCCCC(=O)NC(C)(NC(=O)Nc1c(C(C)C)cccc1C(C)C)c1ccccc1. The predicted octanol–water partition coefficient (Wildman–Crippen LogP) is 6.17. The number of carbonyl (C=O) groups excluding carboxylic acids is 3. The van der Waals surface area contributed by atoms with Gasteiger partial charge in [-0.05, 0) is 48.3 Å². The summed E-state index contributed by atoms with van der Waals surface area (Å²) < 4.78 is 4.65. The molecule has 3 amide bonds. The summed E-state index contributed by atoms with van der Waals surface area (Å²) in [5, 5.41) is 9.08. The number of esters is 1. The molecule has 0 aliphatic carbocycles. The fraction of sp³-hybridized carbons (Fsp3) is 0.483. The largest absolute Gasteiger partial charge is 0.469 e. The minimum atomic E-state index is -1.11. The lowest BCUT2D eigenvalue weighted by Crippen LogP contribution is -2.57. The second-order valence-corrected chi connectivity index (χ2v) is 9.88. The van der Waals surface area contributed by atoms with Gasteiger partial charge in [-0.1, -0.05) is 82.6 Å². The van der Waals surface area contributed by atoms with Crippen molar-refractivity contribution in [3.63, 3.8) is 0 Å².